The zero-order chi connectivity index (χ0) is 15.8. The molecule has 0 aliphatic carbocycles. The first-order valence-corrected chi connectivity index (χ1v) is 9.21. The van der Waals surface area contributed by atoms with E-state index in [1.165, 1.54) is 36.7 Å². The van der Waals surface area contributed by atoms with E-state index in [0.717, 1.165) is 0 Å². The number of carboxylic acids is 2. The maximum absolute atomic E-state index is 10.6. The van der Waals surface area contributed by atoms with Crippen molar-refractivity contribution in [3.63, 3.8) is 0 Å². The molecule has 2 heterocycles. The van der Waals surface area contributed by atoms with E-state index in [1.54, 1.807) is 0 Å². The van der Waals surface area contributed by atoms with Crippen LogP contribution < -0.4 is 0 Å². The van der Waals surface area contributed by atoms with E-state index < -0.39 is 11.9 Å². The predicted octanol–water partition coefficient (Wildman–Crippen LogP) is 2.92. The molecule has 2 rings (SSSR count). The van der Waals surface area contributed by atoms with Gasteiger partial charge < -0.3 is 10.2 Å². The van der Waals surface area contributed by atoms with Gasteiger partial charge in [0.15, 0.2) is 0 Å². The van der Waals surface area contributed by atoms with Crippen LogP contribution in [0.2, 0.25) is 0 Å². The van der Waals surface area contributed by atoms with Gasteiger partial charge in [-0.15, -0.1) is 0 Å². The molecule has 0 saturated carbocycles. The molecule has 114 valence electrons. The van der Waals surface area contributed by atoms with Crippen molar-refractivity contribution in [2.45, 2.75) is 0 Å². The van der Waals surface area contributed by atoms with Crippen LogP contribution in [0.1, 0.15) is 20.7 Å². The number of nitrogens with zero attached hydrogens (tertiary/aromatic N) is 2. The summed E-state index contributed by atoms with van der Waals surface area (Å²) < 4.78 is 0. The number of carboxylic acid groups (broad SMARTS) is 2. The first-order valence-electron chi connectivity index (χ1n) is 5.21. The van der Waals surface area contributed by atoms with Crippen LogP contribution in [0, 0.1) is 0 Å². The summed E-state index contributed by atoms with van der Waals surface area (Å²) in [5, 5.41) is 17.4. The molecule has 0 bridgehead atoms. The number of carbonyl (C=O) groups is 2. The Morgan fingerprint density at radius 3 is 1.38 bits per heavy atom. The molecule has 0 radical (unpaired) electrons. The summed E-state index contributed by atoms with van der Waals surface area (Å²) in [5.41, 5.74) is 1.13. The van der Waals surface area contributed by atoms with E-state index in [0.29, 0.717) is 11.4 Å². The third kappa shape index (κ3) is 5.40. The summed E-state index contributed by atoms with van der Waals surface area (Å²) >= 11 is -0.106. The van der Waals surface area contributed by atoms with E-state index in [-0.39, 0.29) is 27.1 Å². The molecule has 21 heavy (non-hydrogen) atoms. The summed E-state index contributed by atoms with van der Waals surface area (Å²) in [6.45, 7) is 0. The van der Waals surface area contributed by atoms with Crippen LogP contribution in [0.3, 0.4) is 0 Å². The third-order valence-electron chi connectivity index (χ3n) is 2.28. The van der Waals surface area contributed by atoms with Gasteiger partial charge in [-0.05, 0) is 24.3 Å². The Bertz CT molecular complexity index is 565. The van der Waals surface area contributed by atoms with Gasteiger partial charge in [-0.2, -0.15) is 0 Å². The summed E-state index contributed by atoms with van der Waals surface area (Å²) in [5.74, 6) is -2.11. The van der Waals surface area contributed by atoms with Crippen LogP contribution in [0.5, 0.6) is 0 Å². The van der Waals surface area contributed by atoms with Gasteiger partial charge >= 0.3 is 46.9 Å². The van der Waals surface area contributed by atoms with E-state index in [1.807, 2.05) is 0 Å². The number of pyridine rings is 2. The topological polar surface area (TPSA) is 100 Å². The molecule has 0 aromatic carbocycles. The molecule has 6 nitrogen and oxygen atoms in total. The van der Waals surface area contributed by atoms with Crippen LogP contribution in [0.25, 0.3) is 11.4 Å². The summed E-state index contributed by atoms with van der Waals surface area (Å²) in [6.07, 6.45) is 2.45. The first-order chi connectivity index (χ1) is 9.99. The fraction of sp³-hybridized carbons (Fsp3) is 0. The minimum atomic E-state index is -1.05. The molecule has 2 aromatic heterocycles. The summed E-state index contributed by atoms with van der Waals surface area (Å²) in [6, 6.07) is 5.87. The Hall–Kier alpha value is -1.52. The minimum absolute atomic E-state index is 0.0842. The Labute approximate surface area is 135 Å². The fourth-order valence-corrected chi connectivity index (χ4v) is 1.34. The number of aromatic nitrogens is 2. The summed E-state index contributed by atoms with van der Waals surface area (Å²) in [7, 11) is 9.63. The molecule has 0 atom stereocenters. The second-order valence-electron chi connectivity index (χ2n) is 3.52. The van der Waals surface area contributed by atoms with Crippen LogP contribution in [0.15, 0.2) is 36.7 Å². The monoisotopic (exact) mass is 420 g/mol. The quantitative estimate of drug-likeness (QED) is 0.739. The average Bonchev–Trinajstić information content (AvgIpc) is 2.48. The molecule has 0 saturated heterocycles. The van der Waals surface area contributed by atoms with E-state index in [4.69, 9.17) is 29.3 Å². The molecule has 0 amide bonds. The molecule has 0 fully saturated rings. The second-order valence-corrected chi connectivity index (χ2v) is 5.88. The van der Waals surface area contributed by atoms with Gasteiger partial charge in [0.25, 0.3) is 0 Å². The van der Waals surface area contributed by atoms with Crippen molar-refractivity contribution in [1.29, 1.82) is 0 Å². The van der Waals surface area contributed by atoms with Crippen molar-refractivity contribution in [3.8, 4) is 11.4 Å². The zero-order valence-electron chi connectivity index (χ0n) is 10.1. The van der Waals surface area contributed by atoms with Gasteiger partial charge in [-0.25, -0.2) is 9.59 Å². The number of halogens is 2. The molecular weight excluding hydrogens is 413 g/mol. The SMILES string of the molecule is O=C(O)c1ccc(-c2ccc(C(=O)O)cn2)nc1.[Cl][Pd][Cl]. The Morgan fingerprint density at radius 1 is 0.857 bits per heavy atom. The van der Waals surface area contributed by atoms with Crippen LogP contribution in [0.4, 0.5) is 0 Å². The van der Waals surface area contributed by atoms with E-state index >= 15 is 0 Å². The van der Waals surface area contributed by atoms with Crippen molar-refractivity contribution in [1.82, 2.24) is 9.97 Å². The molecular formula is C12H8Cl2N2O4Pd. The Balaban J connectivity index is 0.000000677. The van der Waals surface area contributed by atoms with Gasteiger partial charge in [0.2, 0.25) is 0 Å². The standard InChI is InChI=1S/C12H8N2O4.2ClH.Pd/c15-11(16)7-1-3-9(13-5-7)10-4-2-8(6-14-10)12(17)18;;;/h1-6H,(H,15,16)(H,17,18);2*1H;/q;;;+2/p-2. The summed E-state index contributed by atoms with van der Waals surface area (Å²) in [4.78, 5) is 29.2. The molecule has 0 aliphatic heterocycles. The van der Waals surface area contributed by atoms with Gasteiger partial charge in [0.1, 0.15) is 0 Å². The molecule has 9 heteroatoms. The second kappa shape index (κ2) is 8.70. The molecule has 0 aliphatic rings. The fourth-order valence-electron chi connectivity index (χ4n) is 1.34. The number of hydrogen-bond acceptors (Lipinski definition) is 4. The molecule has 0 spiro atoms. The van der Waals surface area contributed by atoms with Crippen LogP contribution in [-0.2, 0) is 15.9 Å². The number of aromatic carboxylic acids is 2. The van der Waals surface area contributed by atoms with Crippen molar-refractivity contribution < 1.29 is 35.7 Å². The van der Waals surface area contributed by atoms with E-state index in [2.05, 4.69) is 9.97 Å². The number of hydrogen-bond donors (Lipinski definition) is 2. The van der Waals surface area contributed by atoms with Crippen molar-refractivity contribution >= 4 is 31.0 Å². The van der Waals surface area contributed by atoms with E-state index in [9.17, 15) is 9.59 Å². The molecule has 2 aromatic rings. The molecule has 0 unspecified atom stereocenters. The van der Waals surface area contributed by atoms with Gasteiger partial charge in [0.05, 0.1) is 22.5 Å². The van der Waals surface area contributed by atoms with Gasteiger partial charge in [-0.1, -0.05) is 0 Å². The van der Waals surface area contributed by atoms with Crippen LogP contribution >= 0.6 is 19.1 Å². The number of rotatable bonds is 3. The third-order valence-corrected chi connectivity index (χ3v) is 2.28. The normalized spacial score (nSPS) is 9.62. The van der Waals surface area contributed by atoms with Crippen molar-refractivity contribution in [3.05, 3.63) is 47.8 Å². The predicted molar refractivity (Wildman–Crippen MR) is 73.1 cm³/mol. The zero-order valence-corrected chi connectivity index (χ0v) is 13.2. The van der Waals surface area contributed by atoms with Crippen molar-refractivity contribution in [2.75, 3.05) is 0 Å². The Morgan fingerprint density at radius 2 is 1.19 bits per heavy atom. The van der Waals surface area contributed by atoms with Gasteiger partial charge in [0, 0.05) is 12.4 Å². The molecule has 2 N–H and O–H groups in total. The first kappa shape index (κ1) is 17.5. The maximum atomic E-state index is 10.6. The Kier molecular flexibility index (Phi) is 7.26. The average molecular weight is 422 g/mol. The van der Waals surface area contributed by atoms with Gasteiger partial charge in [-0.3, -0.25) is 9.97 Å². The van der Waals surface area contributed by atoms with Crippen LogP contribution in [-0.4, -0.2) is 32.1 Å². The van der Waals surface area contributed by atoms with Crippen molar-refractivity contribution in [2.24, 2.45) is 0 Å².